The number of ether oxygens (including phenoxy) is 2. The third kappa shape index (κ3) is 2.98. The molecule has 0 N–H and O–H groups in total. The van der Waals surface area contributed by atoms with E-state index >= 15 is 0 Å². The summed E-state index contributed by atoms with van der Waals surface area (Å²) in [4.78, 5) is 22.5. The average Bonchev–Trinajstić information content (AvgIpc) is 2.59. The molecule has 2 aliphatic rings. The van der Waals surface area contributed by atoms with Crippen LogP contribution in [0.2, 0.25) is 0 Å². The first-order valence-corrected chi connectivity index (χ1v) is 8.00. The van der Waals surface area contributed by atoms with Crippen LogP contribution in [-0.4, -0.2) is 59.8 Å². The van der Waals surface area contributed by atoms with Crippen molar-refractivity contribution < 1.29 is 14.3 Å². The molecule has 1 aromatic rings. The van der Waals surface area contributed by atoms with Gasteiger partial charge in [-0.15, -0.1) is 0 Å². The molecule has 3 heterocycles. The van der Waals surface area contributed by atoms with Gasteiger partial charge in [-0.05, 0) is 32.3 Å². The minimum atomic E-state index is -0.0742. The summed E-state index contributed by atoms with van der Waals surface area (Å²) >= 11 is 0. The molecule has 120 valence electrons. The molecule has 0 aliphatic carbocycles. The number of amides is 1. The molecule has 2 aliphatic heterocycles. The van der Waals surface area contributed by atoms with E-state index in [9.17, 15) is 4.79 Å². The van der Waals surface area contributed by atoms with E-state index in [2.05, 4.69) is 9.97 Å². The van der Waals surface area contributed by atoms with Crippen molar-refractivity contribution >= 4 is 5.91 Å². The van der Waals surface area contributed by atoms with Crippen molar-refractivity contribution in [2.45, 2.75) is 32.3 Å². The second kappa shape index (κ2) is 6.71. The number of piperidine rings is 1. The molecule has 6 heteroatoms. The summed E-state index contributed by atoms with van der Waals surface area (Å²) in [5.41, 5.74) is 0.381. The van der Waals surface area contributed by atoms with E-state index in [1.165, 1.54) is 6.33 Å². The van der Waals surface area contributed by atoms with Crippen LogP contribution in [0.1, 0.15) is 36.7 Å². The zero-order valence-electron chi connectivity index (χ0n) is 13.0. The molecule has 0 bridgehead atoms. The monoisotopic (exact) mass is 305 g/mol. The van der Waals surface area contributed by atoms with Crippen LogP contribution in [0, 0.1) is 5.41 Å². The van der Waals surface area contributed by atoms with Gasteiger partial charge in [0.15, 0.2) is 0 Å². The minimum Gasteiger partial charge on any atom is -0.381 e. The zero-order valence-corrected chi connectivity index (χ0v) is 13.0. The van der Waals surface area contributed by atoms with Gasteiger partial charge in [0, 0.05) is 37.9 Å². The summed E-state index contributed by atoms with van der Waals surface area (Å²) < 4.78 is 11.7. The van der Waals surface area contributed by atoms with Crippen LogP contribution in [0.4, 0.5) is 0 Å². The second-order valence-corrected chi connectivity index (χ2v) is 6.07. The van der Waals surface area contributed by atoms with Gasteiger partial charge in [0.05, 0.1) is 12.7 Å². The Morgan fingerprint density at radius 3 is 3.27 bits per heavy atom. The minimum absolute atomic E-state index is 0.0257. The Morgan fingerprint density at radius 1 is 1.59 bits per heavy atom. The molecule has 2 saturated heterocycles. The predicted molar refractivity (Wildman–Crippen MR) is 80.5 cm³/mol. The van der Waals surface area contributed by atoms with Gasteiger partial charge in [0.1, 0.15) is 12.0 Å². The summed E-state index contributed by atoms with van der Waals surface area (Å²) in [6.45, 7) is 5.55. The molecular weight excluding hydrogens is 282 g/mol. The maximum atomic E-state index is 12.6. The normalized spacial score (nSPS) is 28.2. The number of hydrogen-bond acceptors (Lipinski definition) is 5. The molecule has 0 unspecified atom stereocenters. The van der Waals surface area contributed by atoms with Crippen molar-refractivity contribution in [1.29, 1.82) is 0 Å². The van der Waals surface area contributed by atoms with E-state index in [0.29, 0.717) is 32.0 Å². The van der Waals surface area contributed by atoms with E-state index in [1.54, 1.807) is 12.3 Å². The SMILES string of the molecule is CCOC[C@@]12CCCO[C@H]1CCN(C(=O)c1ccncn1)C2. The van der Waals surface area contributed by atoms with E-state index < -0.39 is 0 Å². The summed E-state index contributed by atoms with van der Waals surface area (Å²) in [5.74, 6) is -0.0257. The van der Waals surface area contributed by atoms with E-state index in [1.807, 2.05) is 11.8 Å². The highest BCUT2D eigenvalue weighted by Gasteiger charge is 2.47. The van der Waals surface area contributed by atoms with E-state index in [-0.39, 0.29) is 17.4 Å². The molecule has 2 atom stereocenters. The summed E-state index contributed by atoms with van der Waals surface area (Å²) in [6.07, 6.45) is 6.16. The lowest BCUT2D eigenvalue weighted by Gasteiger charge is -2.50. The highest BCUT2D eigenvalue weighted by Crippen LogP contribution is 2.40. The van der Waals surface area contributed by atoms with Gasteiger partial charge in [-0.1, -0.05) is 0 Å². The molecular formula is C16H23N3O3. The number of fused-ring (bicyclic) bond motifs is 1. The lowest BCUT2D eigenvalue weighted by Crippen LogP contribution is -2.58. The number of carbonyl (C=O) groups excluding carboxylic acids is 1. The largest absolute Gasteiger partial charge is 0.381 e. The molecule has 1 amide bonds. The molecule has 0 saturated carbocycles. The fraction of sp³-hybridized carbons (Fsp3) is 0.688. The van der Waals surface area contributed by atoms with Crippen LogP contribution < -0.4 is 0 Å². The van der Waals surface area contributed by atoms with Crippen molar-refractivity contribution in [2.75, 3.05) is 32.9 Å². The van der Waals surface area contributed by atoms with Gasteiger partial charge in [-0.25, -0.2) is 9.97 Å². The van der Waals surface area contributed by atoms with Crippen LogP contribution in [0.5, 0.6) is 0 Å². The number of hydrogen-bond donors (Lipinski definition) is 0. The van der Waals surface area contributed by atoms with Gasteiger partial charge >= 0.3 is 0 Å². The van der Waals surface area contributed by atoms with Crippen molar-refractivity contribution in [2.24, 2.45) is 5.41 Å². The van der Waals surface area contributed by atoms with Crippen LogP contribution >= 0.6 is 0 Å². The molecule has 6 nitrogen and oxygen atoms in total. The first kappa shape index (κ1) is 15.4. The summed E-state index contributed by atoms with van der Waals surface area (Å²) in [5, 5.41) is 0. The molecule has 0 radical (unpaired) electrons. The van der Waals surface area contributed by atoms with Crippen LogP contribution in [0.25, 0.3) is 0 Å². The number of likely N-dealkylation sites (tertiary alicyclic amines) is 1. The van der Waals surface area contributed by atoms with Crippen LogP contribution in [-0.2, 0) is 9.47 Å². The van der Waals surface area contributed by atoms with Gasteiger partial charge < -0.3 is 14.4 Å². The third-order valence-electron chi connectivity index (χ3n) is 4.67. The van der Waals surface area contributed by atoms with Gasteiger partial charge in [-0.3, -0.25) is 4.79 Å². The van der Waals surface area contributed by atoms with E-state index in [0.717, 1.165) is 25.9 Å². The Morgan fingerprint density at radius 2 is 2.50 bits per heavy atom. The summed E-state index contributed by atoms with van der Waals surface area (Å²) in [6, 6.07) is 1.67. The average molecular weight is 305 g/mol. The molecule has 0 spiro atoms. The fourth-order valence-electron chi connectivity index (χ4n) is 3.56. The Hall–Kier alpha value is -1.53. The van der Waals surface area contributed by atoms with Gasteiger partial charge in [-0.2, -0.15) is 0 Å². The number of aromatic nitrogens is 2. The van der Waals surface area contributed by atoms with E-state index in [4.69, 9.17) is 9.47 Å². The highest BCUT2D eigenvalue weighted by atomic mass is 16.5. The highest BCUT2D eigenvalue weighted by molar-refractivity contribution is 5.92. The Kier molecular flexibility index (Phi) is 4.69. The first-order chi connectivity index (χ1) is 10.7. The number of rotatable bonds is 4. The van der Waals surface area contributed by atoms with Crippen LogP contribution in [0.15, 0.2) is 18.6 Å². The van der Waals surface area contributed by atoms with Crippen molar-refractivity contribution in [3.63, 3.8) is 0 Å². The lowest BCUT2D eigenvalue weighted by atomic mass is 9.73. The van der Waals surface area contributed by atoms with Crippen molar-refractivity contribution in [3.8, 4) is 0 Å². The second-order valence-electron chi connectivity index (χ2n) is 6.07. The zero-order chi connectivity index (χ0) is 15.4. The number of carbonyl (C=O) groups is 1. The van der Waals surface area contributed by atoms with Crippen molar-refractivity contribution in [1.82, 2.24) is 14.9 Å². The quantitative estimate of drug-likeness (QED) is 0.844. The standard InChI is InChI=1S/C16H23N3O3/c1-2-21-11-16-6-3-9-22-14(16)5-8-19(10-16)15(20)13-4-7-17-12-18-13/h4,7,12,14H,2-3,5-6,8-11H2,1H3/t14-,16-/m0/s1. The molecule has 0 aromatic carbocycles. The molecule has 22 heavy (non-hydrogen) atoms. The fourth-order valence-corrected chi connectivity index (χ4v) is 3.56. The number of nitrogens with zero attached hydrogens (tertiary/aromatic N) is 3. The first-order valence-electron chi connectivity index (χ1n) is 8.00. The lowest BCUT2D eigenvalue weighted by molar-refractivity contribution is -0.146. The summed E-state index contributed by atoms with van der Waals surface area (Å²) in [7, 11) is 0. The molecule has 3 rings (SSSR count). The smallest absolute Gasteiger partial charge is 0.272 e. The van der Waals surface area contributed by atoms with Gasteiger partial charge in [0.2, 0.25) is 0 Å². The predicted octanol–water partition coefficient (Wildman–Crippen LogP) is 1.52. The maximum absolute atomic E-state index is 12.6. The maximum Gasteiger partial charge on any atom is 0.272 e. The Balaban J connectivity index is 1.76. The Bertz CT molecular complexity index is 511. The van der Waals surface area contributed by atoms with Crippen molar-refractivity contribution in [3.05, 3.63) is 24.3 Å². The topological polar surface area (TPSA) is 64.6 Å². The molecule has 2 fully saturated rings. The van der Waals surface area contributed by atoms with Gasteiger partial charge in [0.25, 0.3) is 5.91 Å². The van der Waals surface area contributed by atoms with Crippen LogP contribution in [0.3, 0.4) is 0 Å². The third-order valence-corrected chi connectivity index (χ3v) is 4.67. The molecule has 1 aromatic heterocycles. The Labute approximate surface area is 130 Å².